The molecule has 0 saturated heterocycles. The first kappa shape index (κ1) is 15.6. The molecule has 1 unspecified atom stereocenters. The van der Waals surface area contributed by atoms with Gasteiger partial charge in [0.1, 0.15) is 0 Å². The van der Waals surface area contributed by atoms with Gasteiger partial charge in [0, 0.05) is 14.5 Å². The first-order chi connectivity index (χ1) is 8.88. The highest BCUT2D eigenvalue weighted by atomic mass is 79.9. The first-order valence-electron chi connectivity index (χ1n) is 5.55. The van der Waals surface area contributed by atoms with E-state index in [-0.39, 0.29) is 6.04 Å². The Kier molecular flexibility index (Phi) is 5.23. The predicted octanol–water partition coefficient (Wildman–Crippen LogP) is 7.06. The molecule has 1 aromatic heterocycles. The second kappa shape index (κ2) is 6.35. The lowest BCUT2D eigenvalue weighted by molar-refractivity contribution is 0.888. The van der Waals surface area contributed by atoms with Crippen molar-refractivity contribution in [2.75, 3.05) is 5.32 Å². The molecule has 19 heavy (non-hydrogen) atoms. The summed E-state index contributed by atoms with van der Waals surface area (Å²) in [4.78, 5) is 0. The van der Waals surface area contributed by atoms with E-state index in [1.165, 1.54) is 16.9 Å². The SMILES string of the molecule is Cc1cc(Br)c(NC(C)c2cc(Cl)sc2Cl)c(Br)c1. The van der Waals surface area contributed by atoms with E-state index in [9.17, 15) is 0 Å². The molecule has 0 spiro atoms. The molecule has 1 aromatic carbocycles. The van der Waals surface area contributed by atoms with Crippen molar-refractivity contribution in [2.45, 2.75) is 19.9 Å². The van der Waals surface area contributed by atoms with Crippen molar-refractivity contribution < 1.29 is 0 Å². The molecule has 0 amide bonds. The van der Waals surface area contributed by atoms with Crippen LogP contribution in [0.2, 0.25) is 8.67 Å². The summed E-state index contributed by atoms with van der Waals surface area (Å²) in [6.45, 7) is 4.11. The number of anilines is 1. The molecule has 0 radical (unpaired) electrons. The van der Waals surface area contributed by atoms with Crippen LogP contribution in [0.25, 0.3) is 0 Å². The van der Waals surface area contributed by atoms with Gasteiger partial charge in [0.05, 0.1) is 20.4 Å². The van der Waals surface area contributed by atoms with Crippen LogP contribution >= 0.6 is 66.4 Å². The van der Waals surface area contributed by atoms with Crippen LogP contribution in [0.1, 0.15) is 24.1 Å². The number of halogens is 4. The fraction of sp³-hybridized carbons (Fsp3) is 0.231. The summed E-state index contributed by atoms with van der Waals surface area (Å²) in [5, 5.41) is 3.45. The Balaban J connectivity index is 2.29. The third-order valence-electron chi connectivity index (χ3n) is 2.70. The highest BCUT2D eigenvalue weighted by Crippen LogP contribution is 2.39. The maximum absolute atomic E-state index is 6.18. The second-order valence-corrected chi connectivity index (χ2v) is 8.24. The Morgan fingerprint density at radius 2 is 1.74 bits per heavy atom. The lowest BCUT2D eigenvalue weighted by atomic mass is 10.1. The number of aryl methyl sites for hydroxylation is 1. The molecule has 2 aromatic rings. The molecule has 1 heterocycles. The van der Waals surface area contributed by atoms with Crippen LogP contribution in [0, 0.1) is 6.92 Å². The summed E-state index contributed by atoms with van der Waals surface area (Å²) in [5.41, 5.74) is 3.21. The highest BCUT2D eigenvalue weighted by Gasteiger charge is 2.15. The number of thiophene rings is 1. The third-order valence-corrected chi connectivity index (χ3v) is 5.47. The zero-order valence-corrected chi connectivity index (χ0v) is 15.7. The molecule has 1 N–H and O–H groups in total. The van der Waals surface area contributed by atoms with Crippen molar-refractivity contribution in [3.63, 3.8) is 0 Å². The van der Waals surface area contributed by atoms with E-state index in [1.54, 1.807) is 0 Å². The van der Waals surface area contributed by atoms with Gasteiger partial charge in [-0.25, -0.2) is 0 Å². The predicted molar refractivity (Wildman–Crippen MR) is 93.0 cm³/mol. The summed E-state index contributed by atoms with van der Waals surface area (Å²) >= 11 is 20.7. The van der Waals surface area contributed by atoms with Gasteiger partial charge in [-0.15, -0.1) is 11.3 Å². The fourth-order valence-electron chi connectivity index (χ4n) is 1.78. The summed E-state index contributed by atoms with van der Waals surface area (Å²) in [6.07, 6.45) is 0. The third kappa shape index (κ3) is 3.67. The van der Waals surface area contributed by atoms with Crippen molar-refractivity contribution in [1.82, 2.24) is 0 Å². The van der Waals surface area contributed by atoms with Crippen LogP contribution in [-0.4, -0.2) is 0 Å². The van der Waals surface area contributed by atoms with Crippen LogP contribution in [0.15, 0.2) is 27.1 Å². The fourth-order valence-corrected chi connectivity index (χ4v) is 5.07. The minimum atomic E-state index is 0.0755. The molecule has 0 aliphatic heterocycles. The number of hydrogen-bond acceptors (Lipinski definition) is 2. The van der Waals surface area contributed by atoms with Crippen LogP contribution < -0.4 is 5.32 Å². The summed E-state index contributed by atoms with van der Waals surface area (Å²) in [6, 6.07) is 6.12. The highest BCUT2D eigenvalue weighted by molar-refractivity contribution is 9.11. The Hall–Kier alpha value is 0.260. The van der Waals surface area contributed by atoms with Gasteiger partial charge >= 0.3 is 0 Å². The Bertz CT molecular complexity index is 590. The summed E-state index contributed by atoms with van der Waals surface area (Å²) in [5.74, 6) is 0. The van der Waals surface area contributed by atoms with Crippen LogP contribution in [0.4, 0.5) is 5.69 Å². The number of rotatable bonds is 3. The zero-order chi connectivity index (χ0) is 14.2. The van der Waals surface area contributed by atoms with E-state index in [0.717, 1.165) is 24.5 Å². The van der Waals surface area contributed by atoms with Gasteiger partial charge in [-0.1, -0.05) is 23.2 Å². The van der Waals surface area contributed by atoms with Crippen LogP contribution in [0.5, 0.6) is 0 Å². The molecule has 0 fully saturated rings. The van der Waals surface area contributed by atoms with E-state index in [4.69, 9.17) is 23.2 Å². The molecule has 0 saturated carbocycles. The van der Waals surface area contributed by atoms with E-state index < -0.39 is 0 Å². The zero-order valence-electron chi connectivity index (χ0n) is 10.2. The van der Waals surface area contributed by atoms with Gasteiger partial charge in [0.2, 0.25) is 0 Å². The smallest absolute Gasteiger partial charge is 0.0996 e. The number of benzene rings is 1. The molecular weight excluding hydrogens is 433 g/mol. The minimum Gasteiger partial charge on any atom is -0.377 e. The monoisotopic (exact) mass is 441 g/mol. The molecule has 0 aliphatic carbocycles. The molecule has 0 bridgehead atoms. The molecule has 6 heteroatoms. The molecule has 1 nitrogen and oxygen atoms in total. The van der Waals surface area contributed by atoms with E-state index in [1.807, 2.05) is 6.07 Å². The van der Waals surface area contributed by atoms with Gasteiger partial charge in [0.25, 0.3) is 0 Å². The minimum absolute atomic E-state index is 0.0755. The van der Waals surface area contributed by atoms with Gasteiger partial charge in [-0.3, -0.25) is 0 Å². The quantitative estimate of drug-likeness (QED) is 0.535. The van der Waals surface area contributed by atoms with E-state index >= 15 is 0 Å². The summed E-state index contributed by atoms with van der Waals surface area (Å²) in [7, 11) is 0. The van der Waals surface area contributed by atoms with Crippen molar-refractivity contribution in [2.24, 2.45) is 0 Å². The van der Waals surface area contributed by atoms with E-state index in [2.05, 4.69) is 63.2 Å². The lowest BCUT2D eigenvalue weighted by Gasteiger charge is -2.18. The van der Waals surface area contributed by atoms with Gasteiger partial charge < -0.3 is 5.32 Å². The topological polar surface area (TPSA) is 12.0 Å². The number of hydrogen-bond donors (Lipinski definition) is 1. The number of nitrogens with one attached hydrogen (secondary N) is 1. The van der Waals surface area contributed by atoms with Gasteiger partial charge in [0.15, 0.2) is 0 Å². The second-order valence-electron chi connectivity index (χ2n) is 4.25. The maximum atomic E-state index is 6.18. The van der Waals surface area contributed by atoms with Crippen LogP contribution in [-0.2, 0) is 0 Å². The largest absolute Gasteiger partial charge is 0.377 e. The van der Waals surface area contributed by atoms with Crippen molar-refractivity contribution in [3.8, 4) is 0 Å². The average Bonchev–Trinajstić information content (AvgIpc) is 2.62. The van der Waals surface area contributed by atoms with E-state index in [0.29, 0.717) is 4.34 Å². The Morgan fingerprint density at radius 1 is 1.16 bits per heavy atom. The Morgan fingerprint density at radius 3 is 2.21 bits per heavy atom. The molecule has 0 aliphatic rings. The molecule has 2 rings (SSSR count). The van der Waals surface area contributed by atoms with Gasteiger partial charge in [-0.05, 0) is 69.5 Å². The maximum Gasteiger partial charge on any atom is 0.0996 e. The van der Waals surface area contributed by atoms with Crippen molar-refractivity contribution in [1.29, 1.82) is 0 Å². The normalized spacial score (nSPS) is 12.5. The summed E-state index contributed by atoms with van der Waals surface area (Å²) < 4.78 is 3.47. The van der Waals surface area contributed by atoms with Crippen molar-refractivity contribution in [3.05, 3.63) is 46.9 Å². The van der Waals surface area contributed by atoms with Gasteiger partial charge in [-0.2, -0.15) is 0 Å². The molecule has 1 atom stereocenters. The average molecular weight is 444 g/mol. The first-order valence-corrected chi connectivity index (χ1v) is 8.71. The molecule has 102 valence electrons. The molecular formula is C13H11Br2Cl2NS. The lowest BCUT2D eigenvalue weighted by Crippen LogP contribution is -2.07. The standard InChI is InChI=1S/C13H11Br2Cl2NS/c1-6-3-9(14)12(10(15)4-6)18-7(2)8-5-11(16)19-13(8)17/h3-5,7,18H,1-2H3. The Labute approximate surface area is 143 Å². The van der Waals surface area contributed by atoms with Crippen molar-refractivity contribution >= 4 is 72.1 Å². The van der Waals surface area contributed by atoms with Crippen LogP contribution in [0.3, 0.4) is 0 Å².